The SMILES string of the molecule is COc1ccc(C(=O)c2c(-c3ccc(C)cc3)oc3ccccc23)cc1. The highest BCUT2D eigenvalue weighted by Crippen LogP contribution is 2.35. The van der Waals surface area contributed by atoms with Crippen LogP contribution >= 0.6 is 0 Å². The van der Waals surface area contributed by atoms with Crippen LogP contribution in [0, 0.1) is 6.92 Å². The van der Waals surface area contributed by atoms with Crippen molar-refractivity contribution >= 4 is 16.8 Å². The van der Waals surface area contributed by atoms with Crippen molar-refractivity contribution in [3.8, 4) is 17.1 Å². The molecule has 128 valence electrons. The molecule has 0 unspecified atom stereocenters. The number of carbonyl (C=O) groups is 1. The van der Waals surface area contributed by atoms with Gasteiger partial charge in [0.2, 0.25) is 0 Å². The van der Waals surface area contributed by atoms with Crippen LogP contribution < -0.4 is 4.74 Å². The molecule has 0 amide bonds. The number of aryl methyl sites for hydroxylation is 1. The molecule has 3 heteroatoms. The summed E-state index contributed by atoms with van der Waals surface area (Å²) in [6.45, 7) is 2.03. The average Bonchev–Trinajstić information content (AvgIpc) is 3.07. The fourth-order valence-corrected chi connectivity index (χ4v) is 3.07. The van der Waals surface area contributed by atoms with Gasteiger partial charge in [-0.2, -0.15) is 0 Å². The molecule has 0 saturated heterocycles. The molecular weight excluding hydrogens is 324 g/mol. The van der Waals surface area contributed by atoms with Gasteiger partial charge in [-0.3, -0.25) is 4.79 Å². The quantitative estimate of drug-likeness (QED) is 0.450. The molecule has 0 spiro atoms. The van der Waals surface area contributed by atoms with Gasteiger partial charge in [-0.15, -0.1) is 0 Å². The normalized spacial score (nSPS) is 10.8. The Hall–Kier alpha value is -3.33. The van der Waals surface area contributed by atoms with Crippen molar-refractivity contribution in [1.29, 1.82) is 0 Å². The maximum absolute atomic E-state index is 13.3. The Morgan fingerprint density at radius 1 is 0.885 bits per heavy atom. The summed E-state index contributed by atoms with van der Waals surface area (Å²) in [5, 5.41) is 0.823. The number of rotatable bonds is 4. The first-order chi connectivity index (χ1) is 12.7. The lowest BCUT2D eigenvalue weighted by Gasteiger charge is -2.05. The lowest BCUT2D eigenvalue weighted by atomic mass is 9.97. The van der Waals surface area contributed by atoms with Crippen molar-refractivity contribution in [2.45, 2.75) is 6.92 Å². The molecule has 0 radical (unpaired) electrons. The van der Waals surface area contributed by atoms with Crippen molar-refractivity contribution in [3.05, 3.63) is 89.5 Å². The van der Waals surface area contributed by atoms with Gasteiger partial charge in [0.25, 0.3) is 0 Å². The van der Waals surface area contributed by atoms with Crippen LogP contribution in [0.2, 0.25) is 0 Å². The van der Waals surface area contributed by atoms with Gasteiger partial charge < -0.3 is 9.15 Å². The molecule has 3 aromatic carbocycles. The average molecular weight is 342 g/mol. The van der Waals surface area contributed by atoms with Crippen molar-refractivity contribution in [2.75, 3.05) is 7.11 Å². The molecular formula is C23H18O3. The van der Waals surface area contributed by atoms with Gasteiger partial charge in [-0.1, -0.05) is 48.0 Å². The second-order valence-electron chi connectivity index (χ2n) is 6.23. The molecule has 0 atom stereocenters. The summed E-state index contributed by atoms with van der Waals surface area (Å²) in [6.07, 6.45) is 0. The standard InChI is InChI=1S/C23H18O3/c1-15-7-9-17(10-8-15)23-21(19-5-3-4-6-20(19)26-23)22(24)16-11-13-18(25-2)14-12-16/h3-14H,1-2H3. The number of fused-ring (bicyclic) bond motifs is 1. The monoisotopic (exact) mass is 342 g/mol. The van der Waals surface area contributed by atoms with E-state index in [1.165, 1.54) is 0 Å². The molecule has 0 N–H and O–H groups in total. The predicted molar refractivity (Wildman–Crippen MR) is 103 cm³/mol. The number of hydrogen-bond donors (Lipinski definition) is 0. The van der Waals surface area contributed by atoms with Gasteiger partial charge in [-0.05, 0) is 37.3 Å². The van der Waals surface area contributed by atoms with Crippen LogP contribution in [-0.4, -0.2) is 12.9 Å². The van der Waals surface area contributed by atoms with Crippen LogP contribution in [0.4, 0.5) is 0 Å². The van der Waals surface area contributed by atoms with E-state index < -0.39 is 0 Å². The molecule has 26 heavy (non-hydrogen) atoms. The number of furan rings is 1. The zero-order valence-corrected chi connectivity index (χ0v) is 14.7. The molecule has 0 aliphatic rings. The van der Waals surface area contributed by atoms with Crippen LogP contribution in [-0.2, 0) is 0 Å². The molecule has 1 heterocycles. The lowest BCUT2D eigenvalue weighted by Crippen LogP contribution is -2.02. The van der Waals surface area contributed by atoms with Gasteiger partial charge in [0.05, 0.1) is 12.7 Å². The molecule has 0 aliphatic heterocycles. The summed E-state index contributed by atoms with van der Waals surface area (Å²) in [5.41, 5.74) is 3.96. The largest absolute Gasteiger partial charge is 0.497 e. The summed E-state index contributed by atoms with van der Waals surface area (Å²) in [5.74, 6) is 1.26. The number of hydrogen-bond acceptors (Lipinski definition) is 3. The third-order valence-corrected chi connectivity index (χ3v) is 4.49. The molecule has 3 nitrogen and oxygen atoms in total. The lowest BCUT2D eigenvalue weighted by molar-refractivity contribution is 0.104. The minimum absolute atomic E-state index is 0.0619. The Bertz CT molecular complexity index is 1070. The van der Waals surface area contributed by atoms with E-state index in [1.54, 1.807) is 31.4 Å². The Morgan fingerprint density at radius 3 is 2.27 bits per heavy atom. The van der Waals surface area contributed by atoms with Crippen molar-refractivity contribution in [2.24, 2.45) is 0 Å². The molecule has 4 rings (SSSR count). The van der Waals surface area contributed by atoms with E-state index in [4.69, 9.17) is 9.15 Å². The molecule has 0 saturated carbocycles. The summed E-state index contributed by atoms with van der Waals surface area (Å²) >= 11 is 0. The summed E-state index contributed by atoms with van der Waals surface area (Å²) in [4.78, 5) is 13.3. The van der Waals surface area contributed by atoms with Crippen LogP contribution in [0.5, 0.6) is 5.75 Å². The van der Waals surface area contributed by atoms with Crippen LogP contribution in [0.1, 0.15) is 21.5 Å². The highest BCUT2D eigenvalue weighted by molar-refractivity contribution is 6.19. The van der Waals surface area contributed by atoms with Gasteiger partial charge in [0, 0.05) is 16.5 Å². The third kappa shape index (κ3) is 2.78. The van der Waals surface area contributed by atoms with Crippen molar-refractivity contribution in [3.63, 3.8) is 0 Å². The Kier molecular flexibility index (Phi) is 4.05. The molecule has 1 aromatic heterocycles. The first-order valence-electron chi connectivity index (χ1n) is 8.44. The maximum atomic E-state index is 13.3. The van der Waals surface area contributed by atoms with E-state index in [0.717, 1.165) is 22.3 Å². The molecule has 0 aliphatic carbocycles. The number of ketones is 1. The van der Waals surface area contributed by atoms with Gasteiger partial charge >= 0.3 is 0 Å². The van der Waals surface area contributed by atoms with Crippen LogP contribution in [0.3, 0.4) is 0 Å². The molecule has 0 fully saturated rings. The fourth-order valence-electron chi connectivity index (χ4n) is 3.07. The first-order valence-corrected chi connectivity index (χ1v) is 8.44. The topological polar surface area (TPSA) is 39.4 Å². The summed E-state index contributed by atoms with van der Waals surface area (Å²) < 4.78 is 11.3. The highest BCUT2D eigenvalue weighted by atomic mass is 16.5. The summed E-state index contributed by atoms with van der Waals surface area (Å²) in [7, 11) is 1.61. The van der Waals surface area contributed by atoms with Gasteiger partial charge in [-0.25, -0.2) is 0 Å². The van der Waals surface area contributed by atoms with E-state index >= 15 is 0 Å². The van der Waals surface area contributed by atoms with Gasteiger partial charge in [0.15, 0.2) is 5.78 Å². The minimum Gasteiger partial charge on any atom is -0.497 e. The number of ether oxygens (including phenoxy) is 1. The predicted octanol–water partition coefficient (Wildman–Crippen LogP) is 5.65. The smallest absolute Gasteiger partial charge is 0.197 e. The van der Waals surface area contributed by atoms with Crippen LogP contribution in [0.25, 0.3) is 22.3 Å². The third-order valence-electron chi connectivity index (χ3n) is 4.49. The number of para-hydroxylation sites is 1. The van der Waals surface area contributed by atoms with E-state index in [9.17, 15) is 4.79 Å². The minimum atomic E-state index is -0.0619. The van der Waals surface area contributed by atoms with E-state index in [-0.39, 0.29) is 5.78 Å². The summed E-state index contributed by atoms with van der Waals surface area (Å²) in [6, 6.07) is 22.8. The second kappa shape index (κ2) is 6.52. The van der Waals surface area contributed by atoms with Crippen molar-refractivity contribution in [1.82, 2.24) is 0 Å². The zero-order chi connectivity index (χ0) is 18.1. The zero-order valence-electron chi connectivity index (χ0n) is 14.7. The van der Waals surface area contributed by atoms with Crippen molar-refractivity contribution < 1.29 is 13.9 Å². The Balaban J connectivity index is 1.90. The maximum Gasteiger partial charge on any atom is 0.197 e. The van der Waals surface area contributed by atoms with E-state index in [0.29, 0.717) is 22.5 Å². The first kappa shape index (κ1) is 16.2. The Morgan fingerprint density at radius 2 is 1.58 bits per heavy atom. The van der Waals surface area contributed by atoms with Gasteiger partial charge in [0.1, 0.15) is 17.1 Å². The number of methoxy groups -OCH3 is 1. The van der Waals surface area contributed by atoms with E-state index in [2.05, 4.69) is 0 Å². The number of carbonyl (C=O) groups excluding carboxylic acids is 1. The number of benzene rings is 3. The fraction of sp³-hybridized carbons (Fsp3) is 0.0870. The molecule has 0 bridgehead atoms. The molecule has 4 aromatic rings. The van der Waals surface area contributed by atoms with E-state index in [1.807, 2.05) is 55.5 Å². The Labute approximate surface area is 151 Å². The highest BCUT2D eigenvalue weighted by Gasteiger charge is 2.23. The van der Waals surface area contributed by atoms with Crippen LogP contribution in [0.15, 0.2) is 77.2 Å². The second-order valence-corrected chi connectivity index (χ2v) is 6.23.